The SMILES string of the molecule is COC(=O)c1ccc(S(=O)(=O)Nc2ccccc2CN(C)C2CCCCC2)c(Cl)c1. The van der Waals surface area contributed by atoms with Gasteiger partial charge >= 0.3 is 5.97 Å². The topological polar surface area (TPSA) is 75.7 Å². The second-order valence-electron chi connectivity index (χ2n) is 7.61. The summed E-state index contributed by atoms with van der Waals surface area (Å²) in [4.78, 5) is 13.9. The van der Waals surface area contributed by atoms with Crippen LogP contribution >= 0.6 is 11.6 Å². The van der Waals surface area contributed by atoms with E-state index in [1.54, 1.807) is 12.1 Å². The zero-order chi connectivity index (χ0) is 21.7. The van der Waals surface area contributed by atoms with Gasteiger partial charge in [-0.05, 0) is 49.7 Å². The molecule has 8 heteroatoms. The van der Waals surface area contributed by atoms with Crippen LogP contribution in [0.15, 0.2) is 47.4 Å². The molecule has 0 atom stereocenters. The molecule has 1 aliphatic carbocycles. The molecule has 0 unspecified atom stereocenters. The Hall–Kier alpha value is -2.09. The van der Waals surface area contributed by atoms with Gasteiger partial charge in [-0.25, -0.2) is 13.2 Å². The lowest BCUT2D eigenvalue weighted by atomic mass is 9.94. The summed E-state index contributed by atoms with van der Waals surface area (Å²) in [6.45, 7) is 0.651. The van der Waals surface area contributed by atoms with Gasteiger partial charge in [0.1, 0.15) is 4.90 Å². The van der Waals surface area contributed by atoms with Crippen molar-refractivity contribution in [3.8, 4) is 0 Å². The van der Waals surface area contributed by atoms with Gasteiger partial charge < -0.3 is 4.74 Å². The number of rotatable bonds is 7. The van der Waals surface area contributed by atoms with Crippen LogP contribution in [0.5, 0.6) is 0 Å². The summed E-state index contributed by atoms with van der Waals surface area (Å²) in [6, 6.07) is 11.9. The molecule has 30 heavy (non-hydrogen) atoms. The number of carbonyl (C=O) groups is 1. The summed E-state index contributed by atoms with van der Waals surface area (Å²) in [5.74, 6) is -0.579. The summed E-state index contributed by atoms with van der Waals surface area (Å²) < 4.78 is 33.3. The highest BCUT2D eigenvalue weighted by Gasteiger charge is 2.23. The first-order valence-corrected chi connectivity index (χ1v) is 11.9. The average molecular weight is 451 g/mol. The summed E-state index contributed by atoms with van der Waals surface area (Å²) in [7, 11) is -0.588. The number of halogens is 1. The summed E-state index contributed by atoms with van der Waals surface area (Å²) in [5, 5.41) is -0.0396. The van der Waals surface area contributed by atoms with Crippen LogP contribution in [0.25, 0.3) is 0 Å². The van der Waals surface area contributed by atoms with Crippen molar-refractivity contribution in [2.75, 3.05) is 18.9 Å². The first kappa shape index (κ1) is 22.6. The van der Waals surface area contributed by atoms with Crippen molar-refractivity contribution >= 4 is 33.3 Å². The van der Waals surface area contributed by atoms with Crippen LogP contribution in [0, 0.1) is 0 Å². The number of hydrogen-bond acceptors (Lipinski definition) is 5. The molecular weight excluding hydrogens is 424 g/mol. The van der Waals surface area contributed by atoms with E-state index in [1.165, 1.54) is 57.4 Å². The molecule has 0 aromatic heterocycles. The van der Waals surface area contributed by atoms with Crippen molar-refractivity contribution in [1.29, 1.82) is 0 Å². The third-order valence-corrected chi connectivity index (χ3v) is 7.37. The fraction of sp³-hybridized carbons (Fsp3) is 0.409. The standard InChI is InChI=1S/C22H27ClN2O4S/c1-25(18-9-4-3-5-10-18)15-17-8-6-7-11-20(17)24-30(27,28)21-13-12-16(14-19(21)23)22(26)29-2/h6-8,11-14,18,24H,3-5,9-10,15H2,1-2H3. The van der Waals surface area contributed by atoms with E-state index in [0.29, 0.717) is 18.3 Å². The smallest absolute Gasteiger partial charge is 0.337 e. The third-order valence-electron chi connectivity index (χ3n) is 5.52. The lowest BCUT2D eigenvalue weighted by Crippen LogP contribution is -2.33. The molecule has 1 N–H and O–H groups in total. The minimum atomic E-state index is -3.93. The molecule has 0 radical (unpaired) electrons. The van der Waals surface area contributed by atoms with E-state index >= 15 is 0 Å². The molecule has 6 nitrogen and oxygen atoms in total. The number of sulfonamides is 1. The van der Waals surface area contributed by atoms with Gasteiger partial charge in [-0.2, -0.15) is 0 Å². The molecular formula is C22H27ClN2O4S. The lowest BCUT2D eigenvalue weighted by Gasteiger charge is -2.31. The molecule has 2 aromatic carbocycles. The Morgan fingerprint density at radius 3 is 2.53 bits per heavy atom. The quantitative estimate of drug-likeness (QED) is 0.619. The van der Waals surface area contributed by atoms with E-state index in [-0.39, 0.29) is 15.5 Å². The van der Waals surface area contributed by atoms with Crippen LogP contribution in [0.2, 0.25) is 5.02 Å². The van der Waals surface area contributed by atoms with Gasteiger partial charge in [0.25, 0.3) is 10.0 Å². The number of carbonyl (C=O) groups excluding carboxylic acids is 1. The van der Waals surface area contributed by atoms with E-state index in [9.17, 15) is 13.2 Å². The number of methoxy groups -OCH3 is 1. The highest BCUT2D eigenvalue weighted by atomic mass is 35.5. The maximum Gasteiger partial charge on any atom is 0.337 e. The van der Waals surface area contributed by atoms with Crippen molar-refractivity contribution < 1.29 is 17.9 Å². The lowest BCUT2D eigenvalue weighted by molar-refractivity contribution is 0.0600. The Kier molecular flexibility index (Phi) is 7.39. The summed E-state index contributed by atoms with van der Waals surface area (Å²) in [6.07, 6.45) is 6.11. The first-order chi connectivity index (χ1) is 14.3. The molecule has 0 saturated heterocycles. The second kappa shape index (κ2) is 9.81. The largest absolute Gasteiger partial charge is 0.465 e. The van der Waals surface area contributed by atoms with E-state index in [0.717, 1.165) is 5.56 Å². The van der Waals surface area contributed by atoms with Gasteiger partial charge in [-0.3, -0.25) is 9.62 Å². The van der Waals surface area contributed by atoms with Crippen molar-refractivity contribution in [1.82, 2.24) is 4.90 Å². The number of nitrogens with zero attached hydrogens (tertiary/aromatic N) is 1. The average Bonchev–Trinajstić information content (AvgIpc) is 2.74. The summed E-state index contributed by atoms with van der Waals surface area (Å²) in [5.41, 5.74) is 1.61. The molecule has 162 valence electrons. The number of ether oxygens (including phenoxy) is 1. The zero-order valence-corrected chi connectivity index (χ0v) is 18.8. The minimum Gasteiger partial charge on any atom is -0.465 e. The van der Waals surface area contributed by atoms with Gasteiger partial charge in [0.05, 0.1) is 23.4 Å². The number of esters is 1. The monoisotopic (exact) mass is 450 g/mol. The fourth-order valence-corrected chi connectivity index (χ4v) is 5.49. The summed E-state index contributed by atoms with van der Waals surface area (Å²) >= 11 is 6.17. The fourth-order valence-electron chi connectivity index (χ4n) is 3.84. The molecule has 1 fully saturated rings. The van der Waals surface area contributed by atoms with Crippen LogP contribution in [0.4, 0.5) is 5.69 Å². The number of nitrogens with one attached hydrogen (secondary N) is 1. The third kappa shape index (κ3) is 5.33. The first-order valence-electron chi connectivity index (χ1n) is 10.0. The van der Waals surface area contributed by atoms with Crippen molar-refractivity contribution in [2.45, 2.75) is 49.6 Å². The normalized spacial score (nSPS) is 15.2. The Bertz CT molecular complexity index is 1000. The second-order valence-corrected chi connectivity index (χ2v) is 9.66. The van der Waals surface area contributed by atoms with Crippen molar-refractivity contribution in [3.05, 3.63) is 58.6 Å². The number of anilines is 1. The Labute approximate surface area is 183 Å². The molecule has 0 bridgehead atoms. The molecule has 2 aromatic rings. The molecule has 1 saturated carbocycles. The Morgan fingerprint density at radius 2 is 1.87 bits per heavy atom. The zero-order valence-electron chi connectivity index (χ0n) is 17.2. The predicted octanol–water partition coefficient (Wildman–Crippen LogP) is 4.69. The maximum atomic E-state index is 13.0. The van der Waals surface area contributed by atoms with Gasteiger partial charge in [-0.1, -0.05) is 49.1 Å². The van der Waals surface area contributed by atoms with E-state index in [2.05, 4.69) is 21.4 Å². The number of hydrogen-bond donors (Lipinski definition) is 1. The highest BCUT2D eigenvalue weighted by molar-refractivity contribution is 7.92. The van der Waals surface area contributed by atoms with Crippen LogP contribution in [0.3, 0.4) is 0 Å². The molecule has 0 spiro atoms. The predicted molar refractivity (Wildman–Crippen MR) is 118 cm³/mol. The van der Waals surface area contributed by atoms with Gasteiger partial charge in [-0.15, -0.1) is 0 Å². The van der Waals surface area contributed by atoms with E-state index in [4.69, 9.17) is 11.6 Å². The van der Waals surface area contributed by atoms with E-state index in [1.807, 2.05) is 12.1 Å². The molecule has 0 amide bonds. The molecule has 0 aliphatic heterocycles. The van der Waals surface area contributed by atoms with Gasteiger partial charge in [0.2, 0.25) is 0 Å². The van der Waals surface area contributed by atoms with E-state index < -0.39 is 16.0 Å². The van der Waals surface area contributed by atoms with Crippen molar-refractivity contribution in [3.63, 3.8) is 0 Å². The van der Waals surface area contributed by atoms with Gasteiger partial charge in [0.15, 0.2) is 0 Å². The van der Waals surface area contributed by atoms with Crippen molar-refractivity contribution in [2.24, 2.45) is 0 Å². The van der Waals surface area contributed by atoms with Crippen LogP contribution in [-0.2, 0) is 21.3 Å². The van der Waals surface area contributed by atoms with Gasteiger partial charge in [0, 0.05) is 12.6 Å². The van der Waals surface area contributed by atoms with Crippen LogP contribution in [-0.4, -0.2) is 39.5 Å². The van der Waals surface area contributed by atoms with Crippen LogP contribution < -0.4 is 4.72 Å². The number of para-hydroxylation sites is 1. The highest BCUT2D eigenvalue weighted by Crippen LogP contribution is 2.28. The molecule has 0 heterocycles. The Morgan fingerprint density at radius 1 is 1.17 bits per heavy atom. The molecule has 1 aliphatic rings. The Balaban J connectivity index is 1.81. The minimum absolute atomic E-state index is 0.0396. The maximum absolute atomic E-state index is 13.0. The molecule has 3 rings (SSSR count). The van der Waals surface area contributed by atoms with Crippen LogP contribution in [0.1, 0.15) is 48.0 Å². The number of benzene rings is 2.